The summed E-state index contributed by atoms with van der Waals surface area (Å²) in [5, 5.41) is 3.15. The number of aromatic nitrogens is 1. The summed E-state index contributed by atoms with van der Waals surface area (Å²) in [6.45, 7) is 4.90. The maximum absolute atomic E-state index is 12.7. The van der Waals surface area contributed by atoms with E-state index < -0.39 is 0 Å². The standard InChI is InChI=1S/C24H25N3O/c1-18(16-27-14-12-19-7-2-3-8-22(19)17-27)26-24(28)21-10-6-9-20(15-21)23-11-4-5-13-25-23/h2-11,13,15,18H,12,14,16-17H2,1H3,(H,26,28)/t18-/m1/s1. The minimum atomic E-state index is -0.0392. The van der Waals surface area contributed by atoms with Gasteiger partial charge in [0.1, 0.15) is 0 Å². The number of rotatable bonds is 5. The molecule has 3 aromatic rings. The minimum Gasteiger partial charge on any atom is -0.348 e. The smallest absolute Gasteiger partial charge is 0.251 e. The Kier molecular flexibility index (Phi) is 5.49. The Morgan fingerprint density at radius 1 is 1.07 bits per heavy atom. The van der Waals surface area contributed by atoms with Gasteiger partial charge in [-0.25, -0.2) is 0 Å². The third-order valence-electron chi connectivity index (χ3n) is 5.20. The maximum Gasteiger partial charge on any atom is 0.251 e. The van der Waals surface area contributed by atoms with Crippen LogP contribution in [0.25, 0.3) is 11.3 Å². The molecule has 1 aliphatic heterocycles. The van der Waals surface area contributed by atoms with Gasteiger partial charge < -0.3 is 5.32 Å². The fourth-order valence-electron chi connectivity index (χ4n) is 3.80. The first-order valence-corrected chi connectivity index (χ1v) is 9.80. The van der Waals surface area contributed by atoms with Gasteiger partial charge in [0.15, 0.2) is 0 Å². The Labute approximate surface area is 166 Å². The van der Waals surface area contributed by atoms with Gasteiger partial charge in [-0.2, -0.15) is 0 Å². The molecule has 0 saturated carbocycles. The first-order valence-electron chi connectivity index (χ1n) is 9.80. The van der Waals surface area contributed by atoms with Crippen molar-refractivity contribution >= 4 is 5.91 Å². The summed E-state index contributed by atoms with van der Waals surface area (Å²) in [5.41, 5.74) is 5.34. The van der Waals surface area contributed by atoms with Crippen LogP contribution >= 0.6 is 0 Å². The average Bonchev–Trinajstić information content (AvgIpc) is 2.74. The molecule has 0 bridgehead atoms. The summed E-state index contributed by atoms with van der Waals surface area (Å²) in [7, 11) is 0. The van der Waals surface area contributed by atoms with Crippen molar-refractivity contribution in [3.05, 3.63) is 89.6 Å². The zero-order valence-electron chi connectivity index (χ0n) is 16.1. The van der Waals surface area contributed by atoms with E-state index in [0.717, 1.165) is 37.3 Å². The predicted molar refractivity (Wildman–Crippen MR) is 112 cm³/mol. The van der Waals surface area contributed by atoms with Crippen molar-refractivity contribution < 1.29 is 4.79 Å². The summed E-state index contributed by atoms with van der Waals surface area (Å²) in [5.74, 6) is -0.0392. The maximum atomic E-state index is 12.7. The highest BCUT2D eigenvalue weighted by Crippen LogP contribution is 2.19. The van der Waals surface area contributed by atoms with Gasteiger partial charge in [-0.15, -0.1) is 0 Å². The topological polar surface area (TPSA) is 45.2 Å². The molecule has 0 unspecified atom stereocenters. The molecule has 2 heterocycles. The fraction of sp³-hybridized carbons (Fsp3) is 0.250. The predicted octanol–water partition coefficient (Wildman–Crippen LogP) is 3.93. The van der Waals surface area contributed by atoms with Crippen molar-refractivity contribution in [3.63, 3.8) is 0 Å². The molecule has 1 aromatic heterocycles. The number of hydrogen-bond acceptors (Lipinski definition) is 3. The van der Waals surface area contributed by atoms with Gasteiger partial charge in [0.05, 0.1) is 5.69 Å². The first kappa shape index (κ1) is 18.4. The number of nitrogens with zero attached hydrogens (tertiary/aromatic N) is 2. The third kappa shape index (κ3) is 4.29. The minimum absolute atomic E-state index is 0.0392. The highest BCUT2D eigenvalue weighted by molar-refractivity contribution is 5.95. The van der Waals surface area contributed by atoms with Crippen LogP contribution in [0.1, 0.15) is 28.4 Å². The van der Waals surface area contributed by atoms with Crippen LogP contribution in [0.15, 0.2) is 72.9 Å². The molecule has 1 N–H and O–H groups in total. The number of nitrogens with one attached hydrogen (secondary N) is 1. The van der Waals surface area contributed by atoms with E-state index in [2.05, 4.69) is 46.4 Å². The van der Waals surface area contributed by atoms with Gasteiger partial charge in [-0.1, -0.05) is 42.5 Å². The van der Waals surface area contributed by atoms with Crippen LogP contribution < -0.4 is 5.32 Å². The van der Waals surface area contributed by atoms with E-state index in [1.807, 2.05) is 42.5 Å². The normalized spacial score (nSPS) is 14.9. The molecular formula is C24H25N3O. The lowest BCUT2D eigenvalue weighted by molar-refractivity contribution is 0.0927. The van der Waals surface area contributed by atoms with E-state index in [9.17, 15) is 4.79 Å². The van der Waals surface area contributed by atoms with Crippen LogP contribution in [0.5, 0.6) is 0 Å². The number of pyridine rings is 1. The van der Waals surface area contributed by atoms with E-state index in [1.54, 1.807) is 6.20 Å². The SMILES string of the molecule is C[C@H](CN1CCc2ccccc2C1)NC(=O)c1cccc(-c2ccccn2)c1. The van der Waals surface area contributed by atoms with Crippen molar-refractivity contribution in [1.82, 2.24) is 15.2 Å². The number of benzene rings is 2. The van der Waals surface area contributed by atoms with Crippen LogP contribution in [0.3, 0.4) is 0 Å². The van der Waals surface area contributed by atoms with Crippen molar-refractivity contribution in [3.8, 4) is 11.3 Å². The lowest BCUT2D eigenvalue weighted by Gasteiger charge is -2.31. The molecule has 0 radical (unpaired) electrons. The molecule has 28 heavy (non-hydrogen) atoms. The summed E-state index contributed by atoms with van der Waals surface area (Å²) in [4.78, 5) is 19.5. The van der Waals surface area contributed by atoms with Crippen LogP contribution in [-0.4, -0.2) is 34.9 Å². The largest absolute Gasteiger partial charge is 0.348 e. The molecule has 2 aromatic carbocycles. The van der Waals surface area contributed by atoms with Gasteiger partial charge in [-0.05, 0) is 48.7 Å². The third-order valence-corrected chi connectivity index (χ3v) is 5.20. The number of amides is 1. The molecule has 0 saturated heterocycles. The van der Waals surface area contributed by atoms with E-state index in [4.69, 9.17) is 0 Å². The number of carbonyl (C=O) groups is 1. The summed E-state index contributed by atoms with van der Waals surface area (Å²) in [6.07, 6.45) is 2.84. The van der Waals surface area contributed by atoms with Crippen molar-refractivity contribution in [2.45, 2.75) is 25.9 Å². The van der Waals surface area contributed by atoms with Crippen molar-refractivity contribution in [1.29, 1.82) is 0 Å². The summed E-state index contributed by atoms with van der Waals surface area (Å²) >= 11 is 0. The van der Waals surface area contributed by atoms with E-state index >= 15 is 0 Å². The molecule has 4 heteroatoms. The molecule has 4 nitrogen and oxygen atoms in total. The van der Waals surface area contributed by atoms with Gasteiger partial charge >= 0.3 is 0 Å². The number of carbonyl (C=O) groups excluding carboxylic acids is 1. The Hall–Kier alpha value is -2.98. The molecular weight excluding hydrogens is 346 g/mol. The Balaban J connectivity index is 1.37. The summed E-state index contributed by atoms with van der Waals surface area (Å²) < 4.78 is 0. The quantitative estimate of drug-likeness (QED) is 0.739. The van der Waals surface area contributed by atoms with Crippen molar-refractivity contribution in [2.24, 2.45) is 0 Å². The van der Waals surface area contributed by atoms with Gasteiger partial charge in [0, 0.05) is 43.0 Å². The zero-order chi connectivity index (χ0) is 19.3. The number of hydrogen-bond donors (Lipinski definition) is 1. The molecule has 1 aliphatic rings. The van der Waals surface area contributed by atoms with Crippen LogP contribution in [0.2, 0.25) is 0 Å². The first-order chi connectivity index (χ1) is 13.7. The highest BCUT2D eigenvalue weighted by Gasteiger charge is 2.19. The van der Waals surface area contributed by atoms with E-state index in [-0.39, 0.29) is 11.9 Å². The van der Waals surface area contributed by atoms with Crippen LogP contribution in [-0.2, 0) is 13.0 Å². The highest BCUT2D eigenvalue weighted by atomic mass is 16.1. The second-order valence-electron chi connectivity index (χ2n) is 7.42. The Morgan fingerprint density at radius 2 is 1.89 bits per heavy atom. The monoisotopic (exact) mass is 371 g/mol. The Bertz CT molecular complexity index is 955. The zero-order valence-corrected chi connectivity index (χ0v) is 16.1. The van der Waals surface area contributed by atoms with Crippen LogP contribution in [0, 0.1) is 0 Å². The molecule has 0 aliphatic carbocycles. The van der Waals surface area contributed by atoms with Crippen LogP contribution in [0.4, 0.5) is 0 Å². The van der Waals surface area contributed by atoms with Gasteiger partial charge in [0.2, 0.25) is 0 Å². The second kappa shape index (κ2) is 8.36. The molecule has 0 fully saturated rings. The van der Waals surface area contributed by atoms with Gasteiger partial charge in [0.25, 0.3) is 5.91 Å². The second-order valence-corrected chi connectivity index (χ2v) is 7.42. The molecule has 4 rings (SSSR count). The summed E-state index contributed by atoms with van der Waals surface area (Å²) in [6, 6.07) is 22.1. The lowest BCUT2D eigenvalue weighted by Crippen LogP contribution is -2.43. The molecule has 1 amide bonds. The molecule has 0 spiro atoms. The van der Waals surface area contributed by atoms with Crippen molar-refractivity contribution in [2.75, 3.05) is 13.1 Å². The molecule has 1 atom stereocenters. The lowest BCUT2D eigenvalue weighted by atomic mass is 9.99. The molecule has 142 valence electrons. The van der Waals surface area contributed by atoms with Gasteiger partial charge in [-0.3, -0.25) is 14.7 Å². The average molecular weight is 371 g/mol. The Morgan fingerprint density at radius 3 is 2.71 bits per heavy atom. The van der Waals surface area contributed by atoms with E-state index in [0.29, 0.717) is 5.56 Å². The number of fused-ring (bicyclic) bond motifs is 1. The fourth-order valence-corrected chi connectivity index (χ4v) is 3.80. The van der Waals surface area contributed by atoms with E-state index in [1.165, 1.54) is 11.1 Å².